The van der Waals surface area contributed by atoms with E-state index in [4.69, 9.17) is 9.84 Å². The van der Waals surface area contributed by atoms with E-state index >= 15 is 0 Å². The Labute approximate surface area is 158 Å². The van der Waals surface area contributed by atoms with Crippen molar-refractivity contribution in [3.05, 3.63) is 47.3 Å². The van der Waals surface area contributed by atoms with Crippen molar-refractivity contribution >= 4 is 11.9 Å². The van der Waals surface area contributed by atoms with E-state index in [9.17, 15) is 9.59 Å². The minimum absolute atomic E-state index is 0.112. The van der Waals surface area contributed by atoms with Crippen LogP contribution in [0.25, 0.3) is 0 Å². The Hall–Kier alpha value is -2.83. The lowest BCUT2D eigenvalue weighted by Gasteiger charge is -2.32. The second-order valence-electron chi connectivity index (χ2n) is 6.76. The predicted molar refractivity (Wildman–Crippen MR) is 100 cm³/mol. The number of aromatic carboxylic acids is 1. The molecule has 1 aromatic carbocycles. The molecule has 1 aliphatic heterocycles. The fourth-order valence-electron chi connectivity index (χ4n) is 3.52. The van der Waals surface area contributed by atoms with Crippen LogP contribution in [0.15, 0.2) is 30.5 Å². The monoisotopic (exact) mass is 371 g/mol. The Morgan fingerprint density at radius 3 is 2.44 bits per heavy atom. The van der Waals surface area contributed by atoms with Gasteiger partial charge < -0.3 is 14.7 Å². The number of rotatable bonds is 6. The number of piperidine rings is 1. The number of benzene rings is 1. The lowest BCUT2D eigenvalue weighted by Crippen LogP contribution is -2.40. The van der Waals surface area contributed by atoms with Crippen LogP contribution in [0.4, 0.5) is 0 Å². The summed E-state index contributed by atoms with van der Waals surface area (Å²) in [6.45, 7) is 5.65. The van der Waals surface area contributed by atoms with Crippen molar-refractivity contribution in [3.63, 3.8) is 0 Å². The van der Waals surface area contributed by atoms with E-state index in [2.05, 4.69) is 5.10 Å². The molecule has 0 spiro atoms. The average molecular weight is 371 g/mol. The van der Waals surface area contributed by atoms with Crippen LogP contribution >= 0.6 is 0 Å². The molecule has 1 fully saturated rings. The van der Waals surface area contributed by atoms with Crippen LogP contribution in [-0.2, 0) is 11.2 Å². The smallest absolute Gasteiger partial charge is 0.339 e. The molecule has 0 bridgehead atoms. The van der Waals surface area contributed by atoms with Gasteiger partial charge in [-0.05, 0) is 44.4 Å². The highest BCUT2D eigenvalue weighted by molar-refractivity contribution is 5.88. The molecule has 27 heavy (non-hydrogen) atoms. The molecule has 1 saturated heterocycles. The summed E-state index contributed by atoms with van der Waals surface area (Å²) in [5.74, 6) is -0.0347. The van der Waals surface area contributed by atoms with Gasteiger partial charge in [-0.25, -0.2) is 4.79 Å². The largest absolute Gasteiger partial charge is 0.494 e. The molecule has 0 aliphatic carbocycles. The summed E-state index contributed by atoms with van der Waals surface area (Å²) < 4.78 is 7.21. The molecule has 0 unspecified atom stereocenters. The maximum Gasteiger partial charge on any atom is 0.339 e. The number of nitrogens with zero attached hydrogens (tertiary/aromatic N) is 3. The third kappa shape index (κ3) is 4.30. The van der Waals surface area contributed by atoms with Crippen LogP contribution in [0.2, 0.25) is 0 Å². The fourth-order valence-corrected chi connectivity index (χ4v) is 3.52. The second-order valence-corrected chi connectivity index (χ2v) is 6.76. The van der Waals surface area contributed by atoms with Crippen LogP contribution < -0.4 is 4.74 Å². The Morgan fingerprint density at radius 2 is 1.89 bits per heavy atom. The van der Waals surface area contributed by atoms with Crippen molar-refractivity contribution in [3.8, 4) is 5.75 Å². The zero-order chi connectivity index (χ0) is 19.4. The van der Waals surface area contributed by atoms with Crippen LogP contribution in [0.1, 0.15) is 47.4 Å². The quantitative estimate of drug-likeness (QED) is 0.844. The predicted octanol–water partition coefficient (Wildman–Crippen LogP) is 2.69. The molecule has 1 aliphatic rings. The van der Waals surface area contributed by atoms with E-state index in [-0.39, 0.29) is 17.5 Å². The van der Waals surface area contributed by atoms with Crippen LogP contribution in [0.5, 0.6) is 5.75 Å². The molecule has 0 saturated carbocycles. The molecule has 1 amide bonds. The zero-order valence-electron chi connectivity index (χ0n) is 15.7. The molecule has 2 heterocycles. The zero-order valence-corrected chi connectivity index (χ0v) is 15.7. The van der Waals surface area contributed by atoms with Crippen molar-refractivity contribution in [2.75, 3.05) is 19.7 Å². The van der Waals surface area contributed by atoms with Crippen LogP contribution in [0, 0.1) is 6.92 Å². The SMILES string of the molecule is CCOc1ccc(CC(=O)N2CCC(n3ncc(C(=O)O)c3C)CC2)cc1. The number of hydrogen-bond donors (Lipinski definition) is 1. The summed E-state index contributed by atoms with van der Waals surface area (Å²) in [6, 6.07) is 7.76. The van der Waals surface area contributed by atoms with Gasteiger partial charge in [-0.15, -0.1) is 0 Å². The van der Waals surface area contributed by atoms with Gasteiger partial charge in [0, 0.05) is 13.1 Å². The maximum absolute atomic E-state index is 12.6. The lowest BCUT2D eigenvalue weighted by molar-refractivity contribution is -0.131. The third-order valence-electron chi connectivity index (χ3n) is 5.03. The Kier molecular flexibility index (Phi) is 5.78. The van der Waals surface area contributed by atoms with Gasteiger partial charge >= 0.3 is 5.97 Å². The lowest BCUT2D eigenvalue weighted by atomic mass is 10.0. The first-order valence-corrected chi connectivity index (χ1v) is 9.26. The van der Waals surface area contributed by atoms with Gasteiger partial charge in [0.15, 0.2) is 0 Å². The maximum atomic E-state index is 12.6. The molecular formula is C20H25N3O4. The molecule has 3 rings (SSSR count). The first-order chi connectivity index (χ1) is 13.0. The normalized spacial score (nSPS) is 15.0. The highest BCUT2D eigenvalue weighted by atomic mass is 16.5. The summed E-state index contributed by atoms with van der Waals surface area (Å²) in [7, 11) is 0. The van der Waals surface area contributed by atoms with Crippen molar-refractivity contribution in [1.29, 1.82) is 0 Å². The number of carbonyl (C=O) groups excluding carboxylic acids is 1. The Morgan fingerprint density at radius 1 is 1.22 bits per heavy atom. The minimum atomic E-state index is -0.957. The van der Waals surface area contributed by atoms with Gasteiger partial charge in [-0.3, -0.25) is 9.48 Å². The molecule has 1 aromatic heterocycles. The molecule has 0 atom stereocenters. The number of hydrogen-bond acceptors (Lipinski definition) is 4. The topological polar surface area (TPSA) is 84.7 Å². The number of aromatic nitrogens is 2. The number of carboxylic acid groups (broad SMARTS) is 1. The summed E-state index contributed by atoms with van der Waals surface area (Å²) in [5.41, 5.74) is 1.88. The third-order valence-corrected chi connectivity index (χ3v) is 5.03. The first-order valence-electron chi connectivity index (χ1n) is 9.26. The molecule has 7 nitrogen and oxygen atoms in total. The highest BCUT2D eigenvalue weighted by Crippen LogP contribution is 2.25. The molecule has 1 N–H and O–H groups in total. The van der Waals surface area contributed by atoms with E-state index in [1.165, 1.54) is 6.20 Å². The van der Waals surface area contributed by atoms with E-state index in [0.29, 0.717) is 31.8 Å². The number of carbonyl (C=O) groups is 2. The fraction of sp³-hybridized carbons (Fsp3) is 0.450. The number of ether oxygens (including phenoxy) is 1. The van der Waals surface area contributed by atoms with E-state index in [0.717, 1.165) is 24.2 Å². The van der Waals surface area contributed by atoms with Crippen molar-refractivity contribution in [1.82, 2.24) is 14.7 Å². The highest BCUT2D eigenvalue weighted by Gasteiger charge is 2.26. The molecular weight excluding hydrogens is 346 g/mol. The van der Waals surface area contributed by atoms with Gasteiger partial charge in [0.1, 0.15) is 11.3 Å². The van der Waals surface area contributed by atoms with Crippen molar-refractivity contribution in [2.45, 2.75) is 39.2 Å². The van der Waals surface area contributed by atoms with E-state index < -0.39 is 5.97 Å². The Balaban J connectivity index is 1.55. The first kappa shape index (κ1) is 18.9. The van der Waals surface area contributed by atoms with Crippen molar-refractivity contribution in [2.24, 2.45) is 0 Å². The van der Waals surface area contributed by atoms with E-state index in [1.807, 2.05) is 36.1 Å². The number of likely N-dealkylation sites (tertiary alicyclic amines) is 1. The van der Waals surface area contributed by atoms with Crippen LogP contribution in [-0.4, -0.2) is 51.4 Å². The number of amides is 1. The van der Waals surface area contributed by atoms with Gasteiger partial charge in [-0.2, -0.15) is 5.10 Å². The van der Waals surface area contributed by atoms with E-state index in [1.54, 1.807) is 11.6 Å². The van der Waals surface area contributed by atoms with Crippen LogP contribution in [0.3, 0.4) is 0 Å². The average Bonchev–Trinajstić information content (AvgIpc) is 3.05. The number of carboxylic acids is 1. The summed E-state index contributed by atoms with van der Waals surface area (Å²) in [4.78, 5) is 25.6. The summed E-state index contributed by atoms with van der Waals surface area (Å²) in [6.07, 6.45) is 3.33. The van der Waals surface area contributed by atoms with Gasteiger partial charge in [0.05, 0.1) is 31.0 Å². The molecule has 0 radical (unpaired) electrons. The van der Waals surface area contributed by atoms with Gasteiger partial charge in [0.25, 0.3) is 0 Å². The van der Waals surface area contributed by atoms with Crippen molar-refractivity contribution < 1.29 is 19.4 Å². The minimum Gasteiger partial charge on any atom is -0.494 e. The molecule has 144 valence electrons. The summed E-state index contributed by atoms with van der Waals surface area (Å²) >= 11 is 0. The standard InChI is InChI=1S/C20H25N3O4/c1-3-27-17-6-4-15(5-7-17)12-19(24)22-10-8-16(9-11-22)23-14(2)18(13-21-23)20(25)26/h4-7,13,16H,3,8-12H2,1-2H3,(H,25,26). The van der Waals surface area contributed by atoms with Gasteiger partial charge in [0.2, 0.25) is 5.91 Å². The van der Waals surface area contributed by atoms with Gasteiger partial charge in [-0.1, -0.05) is 12.1 Å². The Bertz CT molecular complexity index is 805. The second kappa shape index (κ2) is 8.24. The molecule has 2 aromatic rings. The summed E-state index contributed by atoms with van der Waals surface area (Å²) in [5, 5.41) is 13.4. The molecule has 7 heteroatoms.